The van der Waals surface area contributed by atoms with Gasteiger partial charge in [0.2, 0.25) is 0 Å². The molecule has 2 aromatic rings. The van der Waals surface area contributed by atoms with Gasteiger partial charge in [-0.05, 0) is 45.3 Å². The van der Waals surface area contributed by atoms with Crippen molar-refractivity contribution in [3.8, 4) is 5.75 Å². The molecule has 0 N–H and O–H groups in total. The average Bonchev–Trinajstić information content (AvgIpc) is 2.45. The average molecular weight is 325 g/mol. The van der Waals surface area contributed by atoms with Crippen molar-refractivity contribution in [2.24, 2.45) is 0 Å². The molecule has 0 bridgehead atoms. The van der Waals surface area contributed by atoms with Gasteiger partial charge in [0.15, 0.2) is 0 Å². The van der Waals surface area contributed by atoms with Crippen LogP contribution in [0.4, 0.5) is 0 Å². The number of likely N-dealkylation sites (N-methyl/N-ethyl adjacent to an activating group) is 1. The number of benzene rings is 1. The van der Waals surface area contributed by atoms with Crippen LogP contribution in [0.25, 0.3) is 10.9 Å². The van der Waals surface area contributed by atoms with Crippen molar-refractivity contribution in [3.05, 3.63) is 35.5 Å². The summed E-state index contributed by atoms with van der Waals surface area (Å²) in [4.78, 5) is 18.5. The minimum absolute atomic E-state index is 0. The van der Waals surface area contributed by atoms with E-state index in [0.717, 1.165) is 16.7 Å². The van der Waals surface area contributed by atoms with Crippen molar-refractivity contribution in [1.82, 2.24) is 9.88 Å². The van der Waals surface area contributed by atoms with Crippen LogP contribution in [-0.2, 0) is 4.74 Å². The van der Waals surface area contributed by atoms with Crippen LogP contribution >= 0.6 is 12.4 Å². The zero-order chi connectivity index (χ0) is 15.4. The van der Waals surface area contributed by atoms with E-state index in [2.05, 4.69) is 4.98 Å². The second kappa shape index (κ2) is 7.96. The number of aromatic nitrogens is 1. The topological polar surface area (TPSA) is 51.7 Å². The van der Waals surface area contributed by atoms with Crippen LogP contribution in [0.15, 0.2) is 24.3 Å². The SMILES string of the molecule is COc1ccc2nc(C)c(C(=O)OCCN(C)C)cc2c1.Cl. The summed E-state index contributed by atoms with van der Waals surface area (Å²) in [6.07, 6.45) is 0. The summed E-state index contributed by atoms with van der Waals surface area (Å²) in [5.41, 5.74) is 2.00. The highest BCUT2D eigenvalue weighted by Gasteiger charge is 2.13. The Morgan fingerprint density at radius 3 is 2.64 bits per heavy atom. The third kappa shape index (κ3) is 4.32. The van der Waals surface area contributed by atoms with Crippen molar-refractivity contribution in [1.29, 1.82) is 0 Å². The molecule has 5 nitrogen and oxygen atoms in total. The Morgan fingerprint density at radius 1 is 1.27 bits per heavy atom. The lowest BCUT2D eigenvalue weighted by Gasteiger charge is -2.11. The van der Waals surface area contributed by atoms with E-state index in [1.54, 1.807) is 13.2 Å². The summed E-state index contributed by atoms with van der Waals surface area (Å²) >= 11 is 0. The van der Waals surface area contributed by atoms with Crippen molar-refractivity contribution in [3.63, 3.8) is 0 Å². The minimum atomic E-state index is -0.341. The van der Waals surface area contributed by atoms with Crippen LogP contribution in [0, 0.1) is 6.92 Å². The van der Waals surface area contributed by atoms with Gasteiger partial charge in [0.05, 0.1) is 23.9 Å². The highest BCUT2D eigenvalue weighted by atomic mass is 35.5. The van der Waals surface area contributed by atoms with Gasteiger partial charge in [0.25, 0.3) is 0 Å². The number of carbonyl (C=O) groups excluding carboxylic acids is 1. The molecule has 0 aliphatic carbocycles. The van der Waals surface area contributed by atoms with E-state index in [-0.39, 0.29) is 18.4 Å². The number of hydrogen-bond acceptors (Lipinski definition) is 5. The lowest BCUT2D eigenvalue weighted by Crippen LogP contribution is -2.20. The molecule has 1 aromatic heterocycles. The molecule has 0 aliphatic heterocycles. The van der Waals surface area contributed by atoms with E-state index in [0.29, 0.717) is 24.4 Å². The third-order valence-corrected chi connectivity index (χ3v) is 3.20. The summed E-state index contributed by atoms with van der Waals surface area (Å²) in [5.74, 6) is 0.395. The Bertz CT molecular complexity index is 659. The lowest BCUT2D eigenvalue weighted by atomic mass is 10.1. The maximum Gasteiger partial charge on any atom is 0.340 e. The predicted molar refractivity (Wildman–Crippen MR) is 89.1 cm³/mol. The molecule has 2 rings (SSSR count). The Hall–Kier alpha value is -1.85. The summed E-state index contributed by atoms with van der Waals surface area (Å²) in [7, 11) is 5.48. The highest BCUT2D eigenvalue weighted by molar-refractivity contribution is 5.95. The van der Waals surface area contributed by atoms with Gasteiger partial charge >= 0.3 is 5.97 Å². The number of aryl methyl sites for hydroxylation is 1. The van der Waals surface area contributed by atoms with Crippen molar-refractivity contribution < 1.29 is 14.3 Å². The summed E-state index contributed by atoms with van der Waals surface area (Å²) in [6, 6.07) is 7.39. The molecule has 1 aromatic carbocycles. The zero-order valence-corrected chi connectivity index (χ0v) is 14.1. The Labute approximate surface area is 136 Å². The van der Waals surface area contributed by atoms with Crippen molar-refractivity contribution in [2.75, 3.05) is 34.4 Å². The molecule has 0 amide bonds. The first kappa shape index (κ1) is 18.2. The molecular weight excluding hydrogens is 304 g/mol. The third-order valence-electron chi connectivity index (χ3n) is 3.20. The molecule has 0 spiro atoms. The van der Waals surface area contributed by atoms with Gasteiger partial charge in [-0.15, -0.1) is 12.4 Å². The highest BCUT2D eigenvalue weighted by Crippen LogP contribution is 2.22. The number of rotatable bonds is 5. The molecule has 0 unspecified atom stereocenters. The van der Waals surface area contributed by atoms with Crippen LogP contribution in [0.3, 0.4) is 0 Å². The molecule has 6 heteroatoms. The molecule has 0 fully saturated rings. The van der Waals surface area contributed by atoms with Gasteiger partial charge < -0.3 is 14.4 Å². The quantitative estimate of drug-likeness (QED) is 0.791. The first-order chi connectivity index (χ1) is 10.0. The smallest absolute Gasteiger partial charge is 0.340 e. The largest absolute Gasteiger partial charge is 0.497 e. The van der Waals surface area contributed by atoms with Gasteiger partial charge in [0, 0.05) is 11.9 Å². The zero-order valence-electron chi connectivity index (χ0n) is 13.3. The van der Waals surface area contributed by atoms with E-state index >= 15 is 0 Å². The first-order valence-electron chi connectivity index (χ1n) is 6.78. The molecule has 0 aliphatic rings. The number of fused-ring (bicyclic) bond motifs is 1. The van der Waals surface area contributed by atoms with Gasteiger partial charge in [-0.1, -0.05) is 0 Å². The minimum Gasteiger partial charge on any atom is -0.497 e. The molecule has 0 saturated heterocycles. The van der Waals surface area contributed by atoms with E-state index in [9.17, 15) is 4.79 Å². The number of hydrogen-bond donors (Lipinski definition) is 0. The molecular formula is C16H21ClN2O3. The van der Waals surface area contributed by atoms with Crippen LogP contribution in [0.5, 0.6) is 5.75 Å². The predicted octanol–water partition coefficient (Wildman–Crippen LogP) is 2.69. The van der Waals surface area contributed by atoms with Crippen LogP contribution in [0.2, 0.25) is 0 Å². The van der Waals surface area contributed by atoms with Gasteiger partial charge in [-0.2, -0.15) is 0 Å². The van der Waals surface area contributed by atoms with Crippen molar-refractivity contribution >= 4 is 29.3 Å². The standard InChI is InChI=1S/C16H20N2O3.ClH/c1-11-14(16(19)21-8-7-18(2)3)10-12-9-13(20-4)5-6-15(12)17-11;/h5-6,9-10H,7-8H2,1-4H3;1H. The van der Waals surface area contributed by atoms with Gasteiger partial charge in [-0.3, -0.25) is 4.98 Å². The monoisotopic (exact) mass is 324 g/mol. The number of methoxy groups -OCH3 is 1. The summed E-state index contributed by atoms with van der Waals surface area (Å²) in [5, 5.41) is 0.861. The fourth-order valence-electron chi connectivity index (χ4n) is 1.98. The summed E-state index contributed by atoms with van der Waals surface area (Å²) < 4.78 is 10.5. The van der Waals surface area contributed by atoms with E-state index in [4.69, 9.17) is 9.47 Å². The normalized spacial score (nSPS) is 10.4. The summed E-state index contributed by atoms with van der Waals surface area (Å²) in [6.45, 7) is 2.87. The van der Waals surface area contributed by atoms with E-state index < -0.39 is 0 Å². The van der Waals surface area contributed by atoms with E-state index in [1.165, 1.54) is 0 Å². The van der Waals surface area contributed by atoms with Crippen LogP contribution < -0.4 is 4.74 Å². The number of pyridine rings is 1. The maximum absolute atomic E-state index is 12.1. The van der Waals surface area contributed by atoms with Crippen LogP contribution in [0.1, 0.15) is 16.1 Å². The number of halogens is 1. The second-order valence-electron chi connectivity index (χ2n) is 5.12. The molecule has 22 heavy (non-hydrogen) atoms. The number of ether oxygens (including phenoxy) is 2. The van der Waals surface area contributed by atoms with E-state index in [1.807, 2.05) is 44.1 Å². The fourth-order valence-corrected chi connectivity index (χ4v) is 1.98. The van der Waals surface area contributed by atoms with Crippen molar-refractivity contribution in [2.45, 2.75) is 6.92 Å². The number of carbonyl (C=O) groups is 1. The number of esters is 1. The van der Waals surface area contributed by atoms with Gasteiger partial charge in [-0.25, -0.2) is 4.79 Å². The maximum atomic E-state index is 12.1. The second-order valence-corrected chi connectivity index (χ2v) is 5.12. The Balaban J connectivity index is 0.00000242. The molecule has 0 atom stereocenters. The molecule has 1 heterocycles. The Kier molecular flexibility index (Phi) is 6.59. The Morgan fingerprint density at radius 2 is 2.00 bits per heavy atom. The van der Waals surface area contributed by atoms with Gasteiger partial charge in [0.1, 0.15) is 12.4 Å². The van der Waals surface area contributed by atoms with Crippen LogP contribution in [-0.4, -0.2) is 50.2 Å². The number of nitrogens with zero attached hydrogens (tertiary/aromatic N) is 2. The molecule has 120 valence electrons. The first-order valence-corrected chi connectivity index (χ1v) is 6.78. The fraction of sp³-hybridized carbons (Fsp3) is 0.375. The molecule has 0 saturated carbocycles. The molecule has 0 radical (unpaired) electrons. The lowest BCUT2D eigenvalue weighted by molar-refractivity contribution is 0.0480.